The molecule has 2 aromatic carbocycles. The Morgan fingerprint density at radius 2 is 2.06 bits per heavy atom. The van der Waals surface area contributed by atoms with Gasteiger partial charge in [-0.1, -0.05) is 12.1 Å². The molecule has 0 bridgehead atoms. The molecule has 3 aliphatic rings. The topological polar surface area (TPSA) is 116 Å². The van der Waals surface area contributed by atoms with Crippen molar-refractivity contribution in [3.8, 4) is 17.2 Å². The largest absolute Gasteiger partial charge is 0.489 e. The van der Waals surface area contributed by atoms with E-state index in [-0.39, 0.29) is 29.8 Å². The van der Waals surface area contributed by atoms with E-state index >= 15 is 0 Å². The van der Waals surface area contributed by atoms with Crippen LogP contribution in [0.3, 0.4) is 0 Å². The Balaban J connectivity index is 1.21. The first-order chi connectivity index (χ1) is 15.6. The van der Waals surface area contributed by atoms with Crippen LogP contribution in [0.25, 0.3) is 0 Å². The van der Waals surface area contributed by atoms with Crippen LogP contribution in [-0.4, -0.2) is 22.9 Å². The third kappa shape index (κ3) is 3.03. The first kappa shape index (κ1) is 18.7. The highest BCUT2D eigenvalue weighted by molar-refractivity contribution is 5.99. The Morgan fingerprint density at radius 1 is 1.19 bits per heavy atom. The third-order valence-corrected chi connectivity index (χ3v) is 6.18. The maximum absolute atomic E-state index is 12.8. The molecule has 3 aromatic rings. The van der Waals surface area contributed by atoms with Crippen LogP contribution in [0.5, 0.6) is 17.2 Å². The van der Waals surface area contributed by atoms with Crippen molar-refractivity contribution in [3.05, 3.63) is 65.9 Å². The van der Waals surface area contributed by atoms with Crippen LogP contribution in [0.2, 0.25) is 0 Å². The molecule has 32 heavy (non-hydrogen) atoms. The molecule has 160 valence electrons. The summed E-state index contributed by atoms with van der Waals surface area (Å²) in [6.07, 6.45) is 2.42. The number of nitrogens with one attached hydrogen (secondary N) is 2. The Kier molecular flexibility index (Phi) is 4.07. The molecule has 8 heteroatoms. The lowest BCUT2D eigenvalue weighted by Crippen LogP contribution is -2.20. The molecule has 0 spiro atoms. The number of amides is 2. The number of ether oxygens (including phenoxy) is 2. The Labute approximate surface area is 183 Å². The number of fused-ring (bicyclic) bond motifs is 4. The fourth-order valence-electron chi connectivity index (χ4n) is 4.52. The maximum atomic E-state index is 12.8. The molecule has 4 N–H and O–H groups in total. The number of rotatable bonds is 4. The van der Waals surface area contributed by atoms with Gasteiger partial charge in [-0.25, -0.2) is 4.98 Å². The number of carbonyl (C=O) groups is 2. The second kappa shape index (κ2) is 6.98. The number of hydrogen-bond donors (Lipinski definition) is 3. The van der Waals surface area contributed by atoms with Gasteiger partial charge in [0.2, 0.25) is 11.8 Å². The van der Waals surface area contributed by atoms with Gasteiger partial charge >= 0.3 is 0 Å². The SMILES string of the molecule is Nc1ccccc1NC(=O)C1C2Oc3ccc(Oc4ccnc5c4CCC(=O)N5)cc3[C@H]21. The molecule has 3 atom stereocenters. The molecule has 2 aliphatic heterocycles. The Morgan fingerprint density at radius 3 is 2.94 bits per heavy atom. The number of nitrogens with zero attached hydrogens (tertiary/aromatic N) is 1. The van der Waals surface area contributed by atoms with Gasteiger partial charge in [0.1, 0.15) is 29.2 Å². The number of benzene rings is 2. The van der Waals surface area contributed by atoms with Crippen LogP contribution in [0.4, 0.5) is 17.2 Å². The third-order valence-electron chi connectivity index (χ3n) is 6.18. The summed E-state index contributed by atoms with van der Waals surface area (Å²) >= 11 is 0. The fourth-order valence-corrected chi connectivity index (χ4v) is 4.52. The van der Waals surface area contributed by atoms with Gasteiger partial charge in [0.15, 0.2) is 0 Å². The normalized spacial score (nSPS) is 22.0. The monoisotopic (exact) mass is 428 g/mol. The van der Waals surface area contributed by atoms with E-state index in [1.165, 1.54) is 0 Å². The summed E-state index contributed by atoms with van der Waals surface area (Å²) in [5.41, 5.74) is 8.92. The predicted octanol–water partition coefficient (Wildman–Crippen LogP) is 3.45. The molecule has 0 saturated heterocycles. The predicted molar refractivity (Wildman–Crippen MR) is 118 cm³/mol. The molecule has 2 amide bonds. The number of nitrogens with two attached hydrogens (primary N) is 1. The summed E-state index contributed by atoms with van der Waals surface area (Å²) in [5.74, 6) is 2.21. The van der Waals surface area contributed by atoms with Gasteiger partial charge in [-0.3, -0.25) is 9.59 Å². The molecular weight excluding hydrogens is 408 g/mol. The molecule has 8 nitrogen and oxygen atoms in total. The number of hydrogen-bond acceptors (Lipinski definition) is 6. The van der Waals surface area contributed by atoms with Crippen molar-refractivity contribution in [2.24, 2.45) is 5.92 Å². The van der Waals surface area contributed by atoms with Gasteiger partial charge < -0.3 is 25.8 Å². The number of pyridine rings is 1. The smallest absolute Gasteiger partial charge is 0.232 e. The lowest BCUT2D eigenvalue weighted by atomic mass is 10.1. The van der Waals surface area contributed by atoms with Gasteiger partial charge in [0, 0.05) is 29.7 Å². The van der Waals surface area contributed by atoms with Crippen molar-refractivity contribution in [2.75, 3.05) is 16.4 Å². The van der Waals surface area contributed by atoms with Gasteiger partial charge in [0.05, 0.1) is 17.3 Å². The van der Waals surface area contributed by atoms with E-state index < -0.39 is 0 Å². The fraction of sp³-hybridized carbons (Fsp3) is 0.208. The van der Waals surface area contributed by atoms with E-state index in [1.54, 1.807) is 24.4 Å². The lowest BCUT2D eigenvalue weighted by Gasteiger charge is -2.19. The average molecular weight is 428 g/mol. The first-order valence-electron chi connectivity index (χ1n) is 10.5. The van der Waals surface area contributed by atoms with Crippen molar-refractivity contribution < 1.29 is 19.1 Å². The number of anilines is 3. The van der Waals surface area contributed by atoms with Gasteiger partial charge in [-0.2, -0.15) is 0 Å². The highest BCUT2D eigenvalue weighted by Gasteiger charge is 2.62. The molecule has 1 aliphatic carbocycles. The molecule has 3 heterocycles. The van der Waals surface area contributed by atoms with Crippen LogP contribution in [0.1, 0.15) is 23.5 Å². The summed E-state index contributed by atoms with van der Waals surface area (Å²) in [6.45, 7) is 0. The highest BCUT2D eigenvalue weighted by atomic mass is 16.5. The summed E-state index contributed by atoms with van der Waals surface area (Å²) in [4.78, 5) is 28.7. The molecule has 1 saturated carbocycles. The van der Waals surface area contributed by atoms with E-state index in [1.807, 2.05) is 30.3 Å². The molecule has 0 radical (unpaired) electrons. The number of carbonyl (C=O) groups excluding carboxylic acids is 2. The summed E-state index contributed by atoms with van der Waals surface area (Å²) in [6, 6.07) is 14.6. The number of nitrogen functional groups attached to an aromatic ring is 1. The zero-order chi connectivity index (χ0) is 21.8. The Bertz CT molecular complexity index is 1270. The zero-order valence-corrected chi connectivity index (χ0v) is 17.0. The van der Waals surface area contributed by atoms with E-state index in [2.05, 4.69) is 15.6 Å². The first-order valence-corrected chi connectivity index (χ1v) is 10.5. The quantitative estimate of drug-likeness (QED) is 0.548. The number of para-hydroxylation sites is 2. The standard InChI is InChI=1S/C24H20N4O4/c25-15-3-1-2-4-16(15)27-24(30)21-20-14-11-12(5-7-17(14)32-22(20)21)31-18-9-10-26-23-13(18)6-8-19(29)28-23/h1-5,7,9-11,20-22H,6,8,25H2,(H,27,30)(H,26,28,29)/t20-,21?,22?/m0/s1. The molecule has 6 rings (SSSR count). The van der Waals surface area contributed by atoms with E-state index in [0.717, 1.165) is 16.9 Å². The van der Waals surface area contributed by atoms with Gasteiger partial charge in [-0.05, 0) is 42.8 Å². The minimum atomic E-state index is -0.263. The van der Waals surface area contributed by atoms with E-state index in [0.29, 0.717) is 41.5 Å². The van der Waals surface area contributed by atoms with E-state index in [9.17, 15) is 9.59 Å². The van der Waals surface area contributed by atoms with Crippen LogP contribution in [-0.2, 0) is 16.0 Å². The second-order valence-electron chi connectivity index (χ2n) is 8.20. The van der Waals surface area contributed by atoms with Crippen molar-refractivity contribution in [1.29, 1.82) is 0 Å². The average Bonchev–Trinajstić information content (AvgIpc) is 3.38. The lowest BCUT2D eigenvalue weighted by molar-refractivity contribution is -0.118. The summed E-state index contributed by atoms with van der Waals surface area (Å²) in [7, 11) is 0. The van der Waals surface area contributed by atoms with Crippen molar-refractivity contribution >= 4 is 29.0 Å². The minimum Gasteiger partial charge on any atom is -0.489 e. The molecular formula is C24H20N4O4. The van der Waals surface area contributed by atoms with Crippen molar-refractivity contribution in [2.45, 2.75) is 24.9 Å². The summed E-state index contributed by atoms with van der Waals surface area (Å²) < 4.78 is 12.1. The van der Waals surface area contributed by atoms with Crippen LogP contribution < -0.4 is 25.8 Å². The maximum Gasteiger partial charge on any atom is 0.232 e. The Hall–Kier alpha value is -4.07. The minimum absolute atomic E-state index is 0.0101. The van der Waals surface area contributed by atoms with E-state index in [4.69, 9.17) is 15.2 Å². The highest BCUT2D eigenvalue weighted by Crippen LogP contribution is 2.59. The van der Waals surface area contributed by atoms with Gasteiger partial charge in [0.25, 0.3) is 0 Å². The van der Waals surface area contributed by atoms with Gasteiger partial charge in [-0.15, -0.1) is 0 Å². The van der Waals surface area contributed by atoms with Crippen molar-refractivity contribution in [1.82, 2.24) is 4.98 Å². The van der Waals surface area contributed by atoms with Crippen LogP contribution in [0.15, 0.2) is 54.7 Å². The molecule has 1 fully saturated rings. The zero-order valence-electron chi connectivity index (χ0n) is 17.0. The second-order valence-corrected chi connectivity index (χ2v) is 8.20. The van der Waals surface area contributed by atoms with Crippen LogP contribution in [0, 0.1) is 5.92 Å². The molecule has 2 unspecified atom stereocenters. The van der Waals surface area contributed by atoms with Crippen LogP contribution >= 0.6 is 0 Å². The summed E-state index contributed by atoms with van der Waals surface area (Å²) in [5, 5.41) is 5.69. The number of aromatic nitrogens is 1. The molecule has 1 aromatic heterocycles. The van der Waals surface area contributed by atoms with Crippen molar-refractivity contribution in [3.63, 3.8) is 0 Å².